The largest absolute Gasteiger partial charge is 0.390 e. The molecule has 1 heterocycles. The minimum Gasteiger partial charge on any atom is -0.390 e. The first-order valence-corrected chi connectivity index (χ1v) is 4.66. The van der Waals surface area contributed by atoms with E-state index in [9.17, 15) is 8.78 Å². The van der Waals surface area contributed by atoms with E-state index in [1.165, 1.54) is 6.07 Å². The Morgan fingerprint density at radius 3 is 2.64 bits per heavy atom. The van der Waals surface area contributed by atoms with Crippen LogP contribution in [0, 0.1) is 0 Å². The van der Waals surface area contributed by atoms with Crippen molar-refractivity contribution in [1.29, 1.82) is 0 Å². The van der Waals surface area contributed by atoms with Crippen molar-refractivity contribution in [1.82, 2.24) is 4.98 Å². The molecule has 0 fully saturated rings. The highest BCUT2D eigenvalue weighted by molar-refractivity contribution is 9.10. The van der Waals surface area contributed by atoms with Gasteiger partial charge in [0.1, 0.15) is 5.69 Å². The molecule has 0 aromatic carbocycles. The maximum atomic E-state index is 12.4. The molecule has 0 aliphatic rings. The van der Waals surface area contributed by atoms with Gasteiger partial charge in [-0.2, -0.15) is 0 Å². The molecule has 78 valence electrons. The summed E-state index contributed by atoms with van der Waals surface area (Å²) >= 11 is 3.00. The average Bonchev–Trinajstić information content (AvgIpc) is 2.17. The number of hydrogen-bond acceptors (Lipinski definition) is 3. The van der Waals surface area contributed by atoms with Crippen molar-refractivity contribution in [3.05, 3.63) is 27.5 Å². The SMILES string of the molecule is NCc1cc(CO)nc(C(F)F)c1Br. The molecule has 0 saturated heterocycles. The second-order valence-electron chi connectivity index (χ2n) is 2.63. The van der Waals surface area contributed by atoms with E-state index in [1.54, 1.807) is 0 Å². The highest BCUT2D eigenvalue weighted by atomic mass is 79.9. The van der Waals surface area contributed by atoms with Crippen LogP contribution in [-0.4, -0.2) is 10.1 Å². The summed E-state index contributed by atoms with van der Waals surface area (Å²) in [6, 6.07) is 1.50. The first-order valence-electron chi connectivity index (χ1n) is 3.87. The first-order chi connectivity index (χ1) is 6.60. The molecule has 0 bridgehead atoms. The zero-order valence-electron chi connectivity index (χ0n) is 7.17. The molecule has 1 aromatic heterocycles. The average molecular weight is 267 g/mol. The van der Waals surface area contributed by atoms with E-state index < -0.39 is 6.43 Å². The summed E-state index contributed by atoms with van der Waals surface area (Å²) in [4.78, 5) is 3.60. The third-order valence-electron chi connectivity index (χ3n) is 1.70. The molecular weight excluding hydrogens is 258 g/mol. The number of alkyl halides is 2. The second kappa shape index (κ2) is 4.77. The van der Waals surface area contributed by atoms with Crippen LogP contribution < -0.4 is 5.73 Å². The number of rotatable bonds is 3. The highest BCUT2D eigenvalue weighted by Crippen LogP contribution is 2.28. The van der Waals surface area contributed by atoms with Gasteiger partial charge >= 0.3 is 0 Å². The lowest BCUT2D eigenvalue weighted by molar-refractivity contribution is 0.144. The van der Waals surface area contributed by atoms with Crippen LogP contribution in [0.2, 0.25) is 0 Å². The monoisotopic (exact) mass is 266 g/mol. The van der Waals surface area contributed by atoms with Crippen molar-refractivity contribution < 1.29 is 13.9 Å². The minimum atomic E-state index is -2.68. The molecule has 3 nitrogen and oxygen atoms in total. The van der Waals surface area contributed by atoms with E-state index in [0.29, 0.717) is 5.56 Å². The third kappa shape index (κ3) is 2.26. The van der Waals surface area contributed by atoms with Gasteiger partial charge in [0.2, 0.25) is 0 Å². The van der Waals surface area contributed by atoms with Gasteiger partial charge in [0.05, 0.1) is 12.3 Å². The van der Waals surface area contributed by atoms with Crippen molar-refractivity contribution in [2.75, 3.05) is 0 Å². The van der Waals surface area contributed by atoms with Crippen molar-refractivity contribution >= 4 is 15.9 Å². The predicted octanol–water partition coefficient (Wildman–Crippen LogP) is 1.73. The molecule has 0 radical (unpaired) electrons. The fraction of sp³-hybridized carbons (Fsp3) is 0.375. The van der Waals surface area contributed by atoms with Gasteiger partial charge in [0, 0.05) is 11.0 Å². The number of nitrogens with zero attached hydrogens (tertiary/aromatic N) is 1. The number of aliphatic hydroxyl groups is 1. The summed E-state index contributed by atoms with van der Waals surface area (Å²) in [5.41, 5.74) is 5.69. The summed E-state index contributed by atoms with van der Waals surface area (Å²) in [5.74, 6) is 0. The molecule has 1 aromatic rings. The maximum Gasteiger partial charge on any atom is 0.281 e. The van der Waals surface area contributed by atoms with Crippen LogP contribution in [0.5, 0.6) is 0 Å². The second-order valence-corrected chi connectivity index (χ2v) is 3.43. The molecule has 14 heavy (non-hydrogen) atoms. The smallest absolute Gasteiger partial charge is 0.281 e. The van der Waals surface area contributed by atoms with Gasteiger partial charge in [0.15, 0.2) is 0 Å². The maximum absolute atomic E-state index is 12.4. The Balaban J connectivity index is 3.27. The zero-order valence-corrected chi connectivity index (χ0v) is 8.76. The topological polar surface area (TPSA) is 59.1 Å². The lowest BCUT2D eigenvalue weighted by Crippen LogP contribution is -2.05. The van der Waals surface area contributed by atoms with Gasteiger partial charge in [-0.05, 0) is 27.6 Å². The molecule has 0 spiro atoms. The summed E-state index contributed by atoms with van der Waals surface area (Å²) in [5, 5.41) is 8.79. The Morgan fingerprint density at radius 1 is 1.57 bits per heavy atom. The summed E-state index contributed by atoms with van der Waals surface area (Å²) in [7, 11) is 0. The van der Waals surface area contributed by atoms with E-state index in [-0.39, 0.29) is 29.0 Å². The summed E-state index contributed by atoms with van der Waals surface area (Å²) in [6.07, 6.45) is -2.68. The van der Waals surface area contributed by atoms with Crippen LogP contribution in [0.4, 0.5) is 8.78 Å². The summed E-state index contributed by atoms with van der Waals surface area (Å²) in [6.45, 7) is -0.254. The van der Waals surface area contributed by atoms with Crippen molar-refractivity contribution in [3.63, 3.8) is 0 Å². The molecule has 0 amide bonds. The van der Waals surface area contributed by atoms with Crippen LogP contribution in [-0.2, 0) is 13.2 Å². The molecule has 0 saturated carbocycles. The van der Waals surface area contributed by atoms with Crippen molar-refractivity contribution in [3.8, 4) is 0 Å². The number of halogens is 3. The van der Waals surface area contributed by atoms with E-state index in [1.807, 2.05) is 0 Å². The molecule has 0 aliphatic heterocycles. The van der Waals surface area contributed by atoms with Crippen molar-refractivity contribution in [2.24, 2.45) is 5.73 Å². The van der Waals surface area contributed by atoms with Gasteiger partial charge in [-0.3, -0.25) is 0 Å². The Labute approximate surface area is 88.1 Å². The van der Waals surface area contributed by atoms with E-state index in [2.05, 4.69) is 20.9 Å². The Hall–Kier alpha value is -0.590. The standard InChI is InChI=1S/C8H9BrF2N2O/c9-6-4(2-12)1-5(3-14)13-7(6)8(10)11/h1,8,14H,2-3,12H2. The number of aliphatic hydroxyl groups excluding tert-OH is 1. The van der Waals surface area contributed by atoms with E-state index in [4.69, 9.17) is 10.8 Å². The fourth-order valence-corrected chi connectivity index (χ4v) is 1.58. The third-order valence-corrected chi connectivity index (χ3v) is 2.62. The summed E-state index contributed by atoms with van der Waals surface area (Å²) < 4.78 is 25.1. The van der Waals surface area contributed by atoms with Crippen LogP contribution in [0.25, 0.3) is 0 Å². The normalized spacial score (nSPS) is 11.0. The zero-order chi connectivity index (χ0) is 10.7. The van der Waals surface area contributed by atoms with Crippen LogP contribution in [0.3, 0.4) is 0 Å². The first kappa shape index (κ1) is 11.5. The van der Waals surface area contributed by atoms with E-state index in [0.717, 1.165) is 0 Å². The molecule has 1 rings (SSSR count). The number of hydrogen-bond donors (Lipinski definition) is 2. The molecular formula is C8H9BrF2N2O. The van der Waals surface area contributed by atoms with Crippen molar-refractivity contribution in [2.45, 2.75) is 19.6 Å². The quantitative estimate of drug-likeness (QED) is 0.876. The minimum absolute atomic E-state index is 0.121. The molecule has 6 heteroatoms. The van der Waals surface area contributed by atoms with E-state index >= 15 is 0 Å². The molecule has 0 unspecified atom stereocenters. The predicted molar refractivity (Wildman–Crippen MR) is 50.7 cm³/mol. The Kier molecular flexibility index (Phi) is 3.91. The number of aromatic nitrogens is 1. The molecule has 0 atom stereocenters. The number of nitrogens with two attached hydrogens (primary N) is 1. The van der Waals surface area contributed by atoms with Gasteiger partial charge in [-0.1, -0.05) is 0 Å². The lowest BCUT2D eigenvalue weighted by Gasteiger charge is -2.09. The lowest BCUT2D eigenvalue weighted by atomic mass is 10.2. The number of pyridine rings is 1. The fourth-order valence-electron chi connectivity index (χ4n) is 1.04. The van der Waals surface area contributed by atoms with Gasteiger partial charge in [-0.25, -0.2) is 13.8 Å². The highest BCUT2D eigenvalue weighted by Gasteiger charge is 2.17. The van der Waals surface area contributed by atoms with Gasteiger partial charge in [-0.15, -0.1) is 0 Å². The Morgan fingerprint density at radius 2 is 2.21 bits per heavy atom. The van der Waals surface area contributed by atoms with Crippen LogP contribution >= 0.6 is 15.9 Å². The molecule has 0 aliphatic carbocycles. The van der Waals surface area contributed by atoms with Gasteiger partial charge in [0.25, 0.3) is 6.43 Å². The van der Waals surface area contributed by atoms with Crippen LogP contribution in [0.1, 0.15) is 23.4 Å². The Bertz CT molecular complexity index is 333. The molecule has 3 N–H and O–H groups in total. The van der Waals surface area contributed by atoms with Crippen LogP contribution in [0.15, 0.2) is 10.5 Å². The van der Waals surface area contributed by atoms with Gasteiger partial charge < -0.3 is 10.8 Å².